The van der Waals surface area contributed by atoms with Crippen LogP contribution in [0.5, 0.6) is 0 Å². The fourth-order valence-electron chi connectivity index (χ4n) is 4.39. The molecule has 4 rings (SSSR count). The van der Waals surface area contributed by atoms with Crippen LogP contribution in [0.3, 0.4) is 0 Å². The van der Waals surface area contributed by atoms with E-state index in [9.17, 15) is 4.79 Å². The molecule has 1 amide bonds. The van der Waals surface area contributed by atoms with E-state index in [0.29, 0.717) is 22.6 Å². The lowest BCUT2D eigenvalue weighted by Crippen LogP contribution is -2.46. The second-order valence-electron chi connectivity index (χ2n) is 8.97. The third-order valence-electron chi connectivity index (χ3n) is 6.36. The second-order valence-corrected chi connectivity index (χ2v) is 10.3. The molecule has 7 nitrogen and oxygen atoms in total. The minimum absolute atomic E-state index is 0.00862. The van der Waals surface area contributed by atoms with Crippen molar-refractivity contribution in [1.29, 1.82) is 0 Å². The number of hydrogen-bond donors (Lipinski definition) is 1. The highest BCUT2D eigenvalue weighted by molar-refractivity contribution is 7.99. The van der Waals surface area contributed by atoms with Gasteiger partial charge in [0.2, 0.25) is 5.91 Å². The lowest BCUT2D eigenvalue weighted by molar-refractivity contribution is -0.118. The minimum atomic E-state index is 0.00862. The number of piperazine rings is 1. The van der Waals surface area contributed by atoms with Gasteiger partial charge in [-0.1, -0.05) is 72.3 Å². The van der Waals surface area contributed by atoms with Crippen LogP contribution in [0.1, 0.15) is 24.8 Å². The first-order chi connectivity index (χ1) is 17.2. The number of aromatic nitrogens is 2. The number of carbonyl (C=O) groups excluding carboxylic acids is 1. The molecule has 2 aliphatic heterocycles. The maximum atomic E-state index is 12.3. The predicted molar refractivity (Wildman–Crippen MR) is 145 cm³/mol. The number of anilines is 1. The molecule has 3 heterocycles. The first-order valence-corrected chi connectivity index (χ1v) is 13.9. The largest absolute Gasteiger partial charge is 0.354 e. The van der Waals surface area contributed by atoms with E-state index in [1.54, 1.807) is 0 Å². The Hall–Kier alpha value is -2.13. The van der Waals surface area contributed by atoms with E-state index in [4.69, 9.17) is 11.6 Å². The van der Waals surface area contributed by atoms with Gasteiger partial charge in [-0.2, -0.15) is 0 Å². The number of rotatable bonds is 10. The zero-order chi connectivity index (χ0) is 24.3. The Labute approximate surface area is 217 Å². The highest BCUT2D eigenvalue weighted by atomic mass is 35.5. The quantitative estimate of drug-likeness (QED) is 0.295. The summed E-state index contributed by atoms with van der Waals surface area (Å²) >= 11 is 7.63. The second kappa shape index (κ2) is 13.8. The van der Waals surface area contributed by atoms with Gasteiger partial charge in [-0.15, -0.1) is 0 Å². The Morgan fingerprint density at radius 2 is 1.77 bits per heavy atom. The van der Waals surface area contributed by atoms with Crippen LogP contribution >= 0.6 is 23.4 Å². The lowest BCUT2D eigenvalue weighted by Gasteiger charge is -2.35. The highest BCUT2D eigenvalue weighted by Crippen LogP contribution is 2.23. The normalized spacial score (nSPS) is 17.7. The number of benzene rings is 1. The number of likely N-dealkylation sites (tertiary alicyclic amines) is 1. The van der Waals surface area contributed by atoms with E-state index in [0.717, 1.165) is 58.2 Å². The Morgan fingerprint density at radius 1 is 1.00 bits per heavy atom. The van der Waals surface area contributed by atoms with Gasteiger partial charge in [0, 0.05) is 51.9 Å². The number of nitrogens with one attached hydrogen (secondary N) is 1. The molecular formula is C26H35ClN6OS. The number of nitrogens with zero attached hydrogens (tertiary/aromatic N) is 5. The third kappa shape index (κ3) is 8.79. The minimum Gasteiger partial charge on any atom is -0.354 e. The standard InChI is InChI=1S/C26H35ClN6OS/c27-23-20-24(33-18-16-32(17-19-33)14-7-10-22-8-3-1-4-9-22)30-26(29-23)35-21-25(34)28-11-15-31-12-5-2-6-13-31/h1,3-4,7-10,20H,2,5-6,11-19,21H2,(H,28,34). The summed E-state index contributed by atoms with van der Waals surface area (Å²) < 4.78 is 0. The molecule has 1 aromatic heterocycles. The Balaban J connectivity index is 1.19. The molecule has 1 N–H and O–H groups in total. The van der Waals surface area contributed by atoms with Gasteiger partial charge in [-0.25, -0.2) is 9.97 Å². The van der Waals surface area contributed by atoms with Crippen LogP contribution in [0.15, 0.2) is 47.6 Å². The smallest absolute Gasteiger partial charge is 0.230 e. The molecule has 0 spiro atoms. The molecule has 2 aromatic rings. The third-order valence-corrected chi connectivity index (χ3v) is 7.40. The molecule has 1 aromatic carbocycles. The van der Waals surface area contributed by atoms with Crippen molar-refractivity contribution in [2.24, 2.45) is 0 Å². The highest BCUT2D eigenvalue weighted by Gasteiger charge is 2.19. The summed E-state index contributed by atoms with van der Waals surface area (Å²) in [6, 6.07) is 12.2. The van der Waals surface area contributed by atoms with Crippen molar-refractivity contribution in [3.63, 3.8) is 0 Å². The molecule has 2 aliphatic rings. The van der Waals surface area contributed by atoms with E-state index in [-0.39, 0.29) is 5.91 Å². The van der Waals surface area contributed by atoms with Crippen molar-refractivity contribution < 1.29 is 4.79 Å². The molecule has 35 heavy (non-hydrogen) atoms. The SMILES string of the molecule is O=C(CSc1nc(Cl)cc(N2CCN(CC=Cc3ccccc3)CC2)n1)NCCN1CCCCC1. The van der Waals surface area contributed by atoms with Crippen molar-refractivity contribution >= 4 is 41.2 Å². The monoisotopic (exact) mass is 514 g/mol. The average Bonchev–Trinajstić information content (AvgIpc) is 2.89. The molecule has 9 heteroatoms. The van der Waals surface area contributed by atoms with Gasteiger partial charge < -0.3 is 15.1 Å². The summed E-state index contributed by atoms with van der Waals surface area (Å²) in [4.78, 5) is 28.4. The van der Waals surface area contributed by atoms with Crippen LogP contribution in [0, 0.1) is 0 Å². The number of amides is 1. The number of carbonyl (C=O) groups is 1. The predicted octanol–water partition coefficient (Wildman–Crippen LogP) is 3.66. The average molecular weight is 515 g/mol. The van der Waals surface area contributed by atoms with Gasteiger partial charge in [-0.05, 0) is 31.5 Å². The van der Waals surface area contributed by atoms with E-state index in [2.05, 4.69) is 66.4 Å². The zero-order valence-electron chi connectivity index (χ0n) is 20.2. The maximum absolute atomic E-state index is 12.3. The maximum Gasteiger partial charge on any atom is 0.230 e. The summed E-state index contributed by atoms with van der Waals surface area (Å²) in [5.74, 6) is 1.13. The molecule has 188 valence electrons. The van der Waals surface area contributed by atoms with E-state index in [1.165, 1.54) is 36.6 Å². The molecule has 0 saturated carbocycles. The van der Waals surface area contributed by atoms with Crippen molar-refractivity contribution in [1.82, 2.24) is 25.1 Å². The van der Waals surface area contributed by atoms with Gasteiger partial charge in [-0.3, -0.25) is 9.69 Å². The van der Waals surface area contributed by atoms with Gasteiger partial charge >= 0.3 is 0 Å². The molecule has 0 aliphatic carbocycles. The van der Waals surface area contributed by atoms with Gasteiger partial charge in [0.1, 0.15) is 11.0 Å². The van der Waals surface area contributed by atoms with Gasteiger partial charge in [0.25, 0.3) is 0 Å². The first-order valence-electron chi connectivity index (χ1n) is 12.5. The summed E-state index contributed by atoms with van der Waals surface area (Å²) in [5.41, 5.74) is 1.22. The van der Waals surface area contributed by atoms with E-state index in [1.807, 2.05) is 12.1 Å². The first kappa shape index (κ1) is 25.9. The number of hydrogen-bond acceptors (Lipinski definition) is 7. The van der Waals surface area contributed by atoms with Crippen molar-refractivity contribution in [3.8, 4) is 0 Å². The fourth-order valence-corrected chi connectivity index (χ4v) is 5.30. The molecule has 0 radical (unpaired) electrons. The summed E-state index contributed by atoms with van der Waals surface area (Å²) in [6.07, 6.45) is 8.24. The van der Waals surface area contributed by atoms with Crippen LogP contribution in [-0.2, 0) is 4.79 Å². The van der Waals surface area contributed by atoms with Crippen LogP contribution in [-0.4, -0.2) is 90.3 Å². The van der Waals surface area contributed by atoms with E-state index < -0.39 is 0 Å². The van der Waals surface area contributed by atoms with Crippen LogP contribution in [0.2, 0.25) is 5.15 Å². The molecule has 0 bridgehead atoms. The van der Waals surface area contributed by atoms with Crippen molar-refractivity contribution in [3.05, 3.63) is 53.2 Å². The Bertz CT molecular complexity index is 962. The number of piperidine rings is 1. The molecule has 2 fully saturated rings. The summed E-state index contributed by atoms with van der Waals surface area (Å²) in [5, 5.41) is 3.97. The Kier molecular flexibility index (Phi) is 10.2. The van der Waals surface area contributed by atoms with Crippen LogP contribution < -0.4 is 10.2 Å². The zero-order valence-corrected chi connectivity index (χ0v) is 21.8. The topological polar surface area (TPSA) is 64.6 Å². The van der Waals surface area contributed by atoms with Crippen LogP contribution in [0.4, 0.5) is 5.82 Å². The van der Waals surface area contributed by atoms with Gasteiger partial charge in [0.15, 0.2) is 5.16 Å². The number of halogens is 1. The lowest BCUT2D eigenvalue weighted by atomic mass is 10.1. The van der Waals surface area contributed by atoms with Crippen molar-refractivity contribution in [2.45, 2.75) is 24.4 Å². The molecule has 0 atom stereocenters. The molecular weight excluding hydrogens is 480 g/mol. The van der Waals surface area contributed by atoms with Crippen molar-refractivity contribution in [2.75, 3.05) is 69.6 Å². The molecule has 2 saturated heterocycles. The number of thioether (sulfide) groups is 1. The molecule has 0 unspecified atom stereocenters. The fraction of sp³-hybridized carbons (Fsp3) is 0.500. The van der Waals surface area contributed by atoms with E-state index >= 15 is 0 Å². The summed E-state index contributed by atoms with van der Waals surface area (Å²) in [6.45, 7) is 8.51. The summed E-state index contributed by atoms with van der Waals surface area (Å²) in [7, 11) is 0. The Morgan fingerprint density at radius 3 is 2.54 bits per heavy atom. The van der Waals surface area contributed by atoms with Crippen LogP contribution in [0.25, 0.3) is 6.08 Å². The van der Waals surface area contributed by atoms with Gasteiger partial charge in [0.05, 0.1) is 5.75 Å².